The Bertz CT molecular complexity index is 667. The molecule has 2 rings (SSSR count). The maximum atomic E-state index is 14.1. The number of halogens is 2. The highest BCUT2D eigenvalue weighted by Gasteiger charge is 2.26. The molecule has 1 aromatic heterocycles. The van der Waals surface area contributed by atoms with Crippen LogP contribution in [0.15, 0.2) is 22.7 Å². The zero-order valence-corrected chi connectivity index (χ0v) is 13.2. The van der Waals surface area contributed by atoms with Crippen molar-refractivity contribution in [1.29, 1.82) is 0 Å². The van der Waals surface area contributed by atoms with E-state index in [1.54, 1.807) is 13.8 Å². The highest BCUT2D eigenvalue weighted by Crippen LogP contribution is 2.33. The van der Waals surface area contributed by atoms with Gasteiger partial charge in [-0.15, -0.1) is 0 Å². The molecule has 0 radical (unpaired) electrons. The van der Waals surface area contributed by atoms with Crippen molar-refractivity contribution in [2.45, 2.75) is 19.9 Å². The Balaban J connectivity index is 2.42. The molecular weight excluding hydrogens is 311 g/mol. The van der Waals surface area contributed by atoms with Crippen molar-refractivity contribution in [3.8, 4) is 11.3 Å². The van der Waals surface area contributed by atoms with Gasteiger partial charge in [0.2, 0.25) is 0 Å². The van der Waals surface area contributed by atoms with Gasteiger partial charge in [-0.05, 0) is 26.0 Å². The lowest BCUT2D eigenvalue weighted by Crippen LogP contribution is -2.36. The van der Waals surface area contributed by atoms with Gasteiger partial charge in [-0.2, -0.15) is 0 Å². The first-order chi connectivity index (χ1) is 10.5. The quantitative estimate of drug-likeness (QED) is 0.916. The number of ether oxygens (including phenoxy) is 1. The number of amides is 1. The smallest absolute Gasteiger partial charge is 0.257 e. The summed E-state index contributed by atoms with van der Waals surface area (Å²) >= 11 is 6.03. The zero-order valence-electron chi connectivity index (χ0n) is 12.4. The molecule has 22 heavy (non-hydrogen) atoms. The molecule has 0 aliphatic heterocycles. The second kappa shape index (κ2) is 6.89. The number of aromatic nitrogens is 1. The summed E-state index contributed by atoms with van der Waals surface area (Å²) in [5, 5.41) is 6.69. The van der Waals surface area contributed by atoms with E-state index in [1.165, 1.54) is 25.3 Å². The monoisotopic (exact) mass is 326 g/mol. The Morgan fingerprint density at radius 1 is 1.55 bits per heavy atom. The average Bonchev–Trinajstić information content (AvgIpc) is 2.80. The summed E-state index contributed by atoms with van der Waals surface area (Å²) in [4.78, 5) is 12.4. The molecular formula is C15H16ClFN2O3. The lowest BCUT2D eigenvalue weighted by atomic mass is 10.0. The molecule has 0 aliphatic carbocycles. The van der Waals surface area contributed by atoms with Crippen LogP contribution in [0, 0.1) is 12.7 Å². The molecule has 1 unspecified atom stereocenters. The summed E-state index contributed by atoms with van der Waals surface area (Å²) in [7, 11) is 1.54. The summed E-state index contributed by atoms with van der Waals surface area (Å²) in [5.74, 6) is -0.700. The Labute approximate surface area is 132 Å². The van der Waals surface area contributed by atoms with E-state index in [0.29, 0.717) is 6.61 Å². The predicted octanol–water partition coefficient (Wildman–Crippen LogP) is 3.21. The molecule has 2 aromatic rings. The van der Waals surface area contributed by atoms with Crippen LogP contribution in [-0.2, 0) is 4.74 Å². The van der Waals surface area contributed by atoms with Crippen molar-refractivity contribution < 1.29 is 18.4 Å². The minimum Gasteiger partial charge on any atom is -0.383 e. The van der Waals surface area contributed by atoms with E-state index in [0.717, 1.165) is 0 Å². The molecule has 0 aliphatic rings. The minimum absolute atomic E-state index is 0.0468. The first-order valence-corrected chi connectivity index (χ1v) is 7.04. The molecule has 5 nitrogen and oxygen atoms in total. The summed E-state index contributed by atoms with van der Waals surface area (Å²) in [6.07, 6.45) is 0. The van der Waals surface area contributed by atoms with Crippen LogP contribution < -0.4 is 5.32 Å². The zero-order chi connectivity index (χ0) is 16.3. The summed E-state index contributed by atoms with van der Waals surface area (Å²) < 4.78 is 24.1. The van der Waals surface area contributed by atoms with Gasteiger partial charge in [-0.3, -0.25) is 4.79 Å². The van der Waals surface area contributed by atoms with Crippen LogP contribution >= 0.6 is 11.6 Å². The Kier molecular flexibility index (Phi) is 5.15. The number of aryl methyl sites for hydroxylation is 1. The fourth-order valence-electron chi connectivity index (χ4n) is 2.12. The van der Waals surface area contributed by atoms with Crippen LogP contribution in [0.5, 0.6) is 0 Å². The number of rotatable bonds is 5. The molecule has 118 valence electrons. The van der Waals surface area contributed by atoms with Gasteiger partial charge in [-0.1, -0.05) is 22.8 Å². The highest BCUT2D eigenvalue weighted by atomic mass is 35.5. The first-order valence-electron chi connectivity index (χ1n) is 6.66. The van der Waals surface area contributed by atoms with Crippen LogP contribution in [0.4, 0.5) is 4.39 Å². The Hall–Kier alpha value is -1.92. The number of hydrogen-bond donors (Lipinski definition) is 1. The highest BCUT2D eigenvalue weighted by molar-refractivity contribution is 6.33. The predicted molar refractivity (Wildman–Crippen MR) is 80.4 cm³/mol. The molecule has 1 atom stereocenters. The van der Waals surface area contributed by atoms with Gasteiger partial charge in [0.15, 0.2) is 0 Å². The standard InChI is InChI=1S/C15H16ClFN2O3/c1-8(7-21-3)18-15(20)12-9(2)22-19-14(12)13-10(16)5-4-6-11(13)17/h4-6,8H,7H2,1-3H3,(H,18,20). The third kappa shape index (κ3) is 3.28. The van der Waals surface area contributed by atoms with E-state index in [1.807, 2.05) is 0 Å². The number of carbonyl (C=O) groups is 1. The minimum atomic E-state index is -0.570. The number of nitrogens with one attached hydrogen (secondary N) is 1. The fourth-order valence-corrected chi connectivity index (χ4v) is 2.37. The second-order valence-corrected chi connectivity index (χ2v) is 5.30. The van der Waals surface area contributed by atoms with E-state index in [9.17, 15) is 9.18 Å². The summed E-state index contributed by atoms with van der Waals surface area (Å²) in [5.41, 5.74) is 0.295. The Morgan fingerprint density at radius 3 is 2.91 bits per heavy atom. The number of carbonyl (C=O) groups excluding carboxylic acids is 1. The van der Waals surface area contributed by atoms with Crippen molar-refractivity contribution in [1.82, 2.24) is 10.5 Å². The molecule has 0 saturated carbocycles. The molecule has 0 spiro atoms. The molecule has 0 bridgehead atoms. The van der Waals surface area contributed by atoms with Gasteiger partial charge in [0.25, 0.3) is 5.91 Å². The van der Waals surface area contributed by atoms with E-state index in [-0.39, 0.29) is 33.6 Å². The third-order valence-electron chi connectivity index (χ3n) is 3.08. The van der Waals surface area contributed by atoms with Crippen molar-refractivity contribution in [3.05, 3.63) is 40.4 Å². The van der Waals surface area contributed by atoms with Gasteiger partial charge in [0, 0.05) is 13.2 Å². The van der Waals surface area contributed by atoms with Crippen LogP contribution in [0.25, 0.3) is 11.3 Å². The van der Waals surface area contributed by atoms with Gasteiger partial charge in [0.1, 0.15) is 22.8 Å². The summed E-state index contributed by atoms with van der Waals surface area (Å²) in [6.45, 7) is 3.73. The Morgan fingerprint density at radius 2 is 2.27 bits per heavy atom. The molecule has 1 heterocycles. The lowest BCUT2D eigenvalue weighted by molar-refractivity contribution is 0.0904. The molecule has 0 fully saturated rings. The van der Waals surface area contributed by atoms with Crippen molar-refractivity contribution in [2.24, 2.45) is 0 Å². The number of methoxy groups -OCH3 is 1. The second-order valence-electron chi connectivity index (χ2n) is 4.89. The van der Waals surface area contributed by atoms with E-state index in [4.69, 9.17) is 20.9 Å². The summed E-state index contributed by atoms with van der Waals surface area (Å²) in [6, 6.07) is 4.05. The third-order valence-corrected chi connectivity index (χ3v) is 3.40. The lowest BCUT2D eigenvalue weighted by Gasteiger charge is -2.13. The molecule has 1 aromatic carbocycles. The van der Waals surface area contributed by atoms with Gasteiger partial charge in [-0.25, -0.2) is 4.39 Å². The maximum Gasteiger partial charge on any atom is 0.257 e. The normalized spacial score (nSPS) is 12.2. The van der Waals surface area contributed by atoms with Gasteiger partial charge < -0.3 is 14.6 Å². The van der Waals surface area contributed by atoms with Crippen LogP contribution in [0.2, 0.25) is 5.02 Å². The van der Waals surface area contributed by atoms with Crippen molar-refractivity contribution >= 4 is 17.5 Å². The topological polar surface area (TPSA) is 64.4 Å². The van der Waals surface area contributed by atoms with Gasteiger partial charge >= 0.3 is 0 Å². The van der Waals surface area contributed by atoms with E-state index < -0.39 is 11.7 Å². The number of hydrogen-bond acceptors (Lipinski definition) is 4. The molecule has 1 amide bonds. The number of benzene rings is 1. The van der Waals surface area contributed by atoms with Crippen molar-refractivity contribution in [3.63, 3.8) is 0 Å². The molecule has 0 saturated heterocycles. The maximum absolute atomic E-state index is 14.1. The largest absolute Gasteiger partial charge is 0.383 e. The van der Waals surface area contributed by atoms with Crippen molar-refractivity contribution in [2.75, 3.05) is 13.7 Å². The number of nitrogens with zero attached hydrogens (tertiary/aromatic N) is 1. The average molecular weight is 327 g/mol. The first kappa shape index (κ1) is 16.5. The van der Waals surface area contributed by atoms with Crippen LogP contribution in [-0.4, -0.2) is 30.8 Å². The van der Waals surface area contributed by atoms with E-state index >= 15 is 0 Å². The van der Waals surface area contributed by atoms with E-state index in [2.05, 4.69) is 10.5 Å². The SMILES string of the molecule is COCC(C)NC(=O)c1c(-c2c(F)cccc2Cl)noc1C. The van der Waals surface area contributed by atoms with Crippen LogP contribution in [0.3, 0.4) is 0 Å². The molecule has 1 N–H and O–H groups in total. The van der Waals surface area contributed by atoms with Gasteiger partial charge in [0.05, 0.1) is 17.2 Å². The molecule has 7 heteroatoms. The fraction of sp³-hybridized carbons (Fsp3) is 0.333. The van der Waals surface area contributed by atoms with Crippen LogP contribution in [0.1, 0.15) is 23.0 Å².